The number of aliphatic hydroxyl groups excluding tert-OH is 1. The summed E-state index contributed by atoms with van der Waals surface area (Å²) in [5, 5.41) is 22.9. The fourth-order valence-corrected chi connectivity index (χ4v) is 2.56. The number of hydrogen-bond acceptors (Lipinski definition) is 7. The van der Waals surface area contributed by atoms with E-state index in [1.54, 1.807) is 0 Å². The van der Waals surface area contributed by atoms with Gasteiger partial charge in [0.1, 0.15) is 0 Å². The van der Waals surface area contributed by atoms with Crippen LogP contribution < -0.4 is 10.6 Å². The molecule has 0 fully saturated rings. The average molecular weight is 374 g/mol. The standard InChI is InChI=1S/C17H20ClN7O/c1-10-7-11(2)21-16(20-10)23-17-22-15(24-25-17)13-5-3-4-6-14(13)19-9-12(26)8-18/h3-7,12,19,26H,8-9H2,1-2H3,(H2,20,21,22,23,24,25). The zero-order valence-electron chi connectivity index (χ0n) is 14.5. The van der Waals surface area contributed by atoms with Crippen molar-refractivity contribution in [2.24, 2.45) is 0 Å². The van der Waals surface area contributed by atoms with Crippen LogP contribution in [0.2, 0.25) is 0 Å². The molecule has 2 aromatic heterocycles. The van der Waals surface area contributed by atoms with Crippen LogP contribution in [0.1, 0.15) is 11.4 Å². The lowest BCUT2D eigenvalue weighted by Crippen LogP contribution is -2.21. The molecule has 1 atom stereocenters. The van der Waals surface area contributed by atoms with Crippen LogP contribution in [0.25, 0.3) is 11.4 Å². The number of halogens is 1. The molecular formula is C17H20ClN7O. The van der Waals surface area contributed by atoms with E-state index in [1.807, 2.05) is 44.2 Å². The molecule has 0 spiro atoms. The van der Waals surface area contributed by atoms with Crippen molar-refractivity contribution in [2.75, 3.05) is 23.1 Å². The maximum atomic E-state index is 9.64. The number of aliphatic hydroxyl groups is 1. The normalized spacial score (nSPS) is 12.0. The van der Waals surface area contributed by atoms with Crippen LogP contribution in [0.4, 0.5) is 17.6 Å². The predicted molar refractivity (Wildman–Crippen MR) is 102 cm³/mol. The summed E-state index contributed by atoms with van der Waals surface area (Å²) in [5.74, 6) is 1.58. The summed E-state index contributed by atoms with van der Waals surface area (Å²) in [6.45, 7) is 4.15. The van der Waals surface area contributed by atoms with E-state index in [1.165, 1.54) is 0 Å². The highest BCUT2D eigenvalue weighted by Gasteiger charge is 2.12. The molecule has 0 aliphatic carbocycles. The quantitative estimate of drug-likeness (QED) is 0.471. The van der Waals surface area contributed by atoms with E-state index in [-0.39, 0.29) is 5.88 Å². The van der Waals surface area contributed by atoms with Crippen molar-refractivity contribution in [1.29, 1.82) is 0 Å². The topological polar surface area (TPSA) is 112 Å². The highest BCUT2D eigenvalue weighted by Crippen LogP contribution is 2.25. The molecule has 0 amide bonds. The summed E-state index contributed by atoms with van der Waals surface area (Å²) in [4.78, 5) is 13.1. The number of para-hydroxylation sites is 1. The summed E-state index contributed by atoms with van der Waals surface area (Å²) in [7, 11) is 0. The number of nitrogens with one attached hydrogen (secondary N) is 3. The van der Waals surface area contributed by atoms with Crippen molar-refractivity contribution < 1.29 is 5.11 Å². The lowest BCUT2D eigenvalue weighted by atomic mass is 10.1. The average Bonchev–Trinajstić information content (AvgIpc) is 3.07. The van der Waals surface area contributed by atoms with Gasteiger partial charge < -0.3 is 10.4 Å². The summed E-state index contributed by atoms with van der Waals surface area (Å²) in [5.41, 5.74) is 3.38. The van der Waals surface area contributed by atoms with Gasteiger partial charge in [-0.3, -0.25) is 10.4 Å². The van der Waals surface area contributed by atoms with E-state index in [9.17, 15) is 5.11 Å². The van der Waals surface area contributed by atoms with Gasteiger partial charge in [0.2, 0.25) is 11.9 Å². The van der Waals surface area contributed by atoms with Crippen molar-refractivity contribution in [3.05, 3.63) is 41.7 Å². The number of alkyl halides is 1. The van der Waals surface area contributed by atoms with Crippen molar-refractivity contribution >= 4 is 29.2 Å². The third-order valence-corrected chi connectivity index (χ3v) is 3.94. The molecular weight excluding hydrogens is 354 g/mol. The minimum atomic E-state index is -0.626. The van der Waals surface area contributed by atoms with Gasteiger partial charge in [-0.1, -0.05) is 12.1 Å². The lowest BCUT2D eigenvalue weighted by Gasteiger charge is -2.12. The zero-order valence-corrected chi connectivity index (χ0v) is 15.2. The van der Waals surface area contributed by atoms with Gasteiger partial charge in [-0.2, -0.15) is 4.98 Å². The van der Waals surface area contributed by atoms with Crippen LogP contribution in [0.15, 0.2) is 30.3 Å². The Morgan fingerprint density at radius 2 is 1.85 bits per heavy atom. The van der Waals surface area contributed by atoms with Gasteiger partial charge in [0.25, 0.3) is 0 Å². The highest BCUT2D eigenvalue weighted by molar-refractivity contribution is 6.18. The van der Waals surface area contributed by atoms with Crippen molar-refractivity contribution in [3.63, 3.8) is 0 Å². The molecule has 1 aromatic carbocycles. The first-order valence-electron chi connectivity index (χ1n) is 8.14. The minimum absolute atomic E-state index is 0.168. The SMILES string of the molecule is Cc1cc(C)nc(Nc2n[nH]c(-c3ccccc3NCC(O)CCl)n2)n1. The molecule has 0 aliphatic heterocycles. The first kappa shape index (κ1) is 18.1. The molecule has 0 saturated heterocycles. The van der Waals surface area contributed by atoms with Crippen LogP contribution in [0.5, 0.6) is 0 Å². The second kappa shape index (κ2) is 8.11. The van der Waals surface area contributed by atoms with Crippen LogP contribution in [0, 0.1) is 13.8 Å². The van der Waals surface area contributed by atoms with Gasteiger partial charge in [-0.05, 0) is 32.0 Å². The Labute approximate surface area is 156 Å². The molecule has 3 aromatic rings. The molecule has 2 heterocycles. The van der Waals surface area contributed by atoms with E-state index >= 15 is 0 Å². The fraction of sp³-hybridized carbons (Fsp3) is 0.294. The number of H-pyrrole nitrogens is 1. The third-order valence-electron chi connectivity index (χ3n) is 3.58. The number of rotatable bonds is 7. The zero-order chi connectivity index (χ0) is 18.5. The molecule has 4 N–H and O–H groups in total. The van der Waals surface area contributed by atoms with Gasteiger partial charge in [-0.15, -0.1) is 16.7 Å². The number of anilines is 3. The summed E-state index contributed by atoms with van der Waals surface area (Å²) in [6.07, 6.45) is -0.626. The molecule has 136 valence electrons. The van der Waals surface area contributed by atoms with Gasteiger partial charge in [0.15, 0.2) is 5.82 Å². The first-order valence-corrected chi connectivity index (χ1v) is 8.67. The Balaban J connectivity index is 1.79. The molecule has 0 aliphatic rings. The Morgan fingerprint density at radius 3 is 2.58 bits per heavy atom. The summed E-state index contributed by atoms with van der Waals surface area (Å²) >= 11 is 5.64. The molecule has 3 rings (SSSR count). The molecule has 0 radical (unpaired) electrons. The van der Waals surface area contributed by atoms with Crippen molar-refractivity contribution in [1.82, 2.24) is 25.1 Å². The molecule has 26 heavy (non-hydrogen) atoms. The number of aromatic amines is 1. The number of benzene rings is 1. The second-order valence-corrected chi connectivity index (χ2v) is 6.15. The van der Waals surface area contributed by atoms with E-state index in [0.29, 0.717) is 24.3 Å². The van der Waals surface area contributed by atoms with Crippen LogP contribution in [-0.2, 0) is 0 Å². The number of aryl methyl sites for hydroxylation is 2. The fourth-order valence-electron chi connectivity index (χ4n) is 2.45. The molecule has 9 heteroatoms. The van der Waals surface area contributed by atoms with Crippen LogP contribution >= 0.6 is 11.6 Å². The third kappa shape index (κ3) is 4.47. The molecule has 0 saturated carbocycles. The number of hydrogen-bond donors (Lipinski definition) is 4. The Hall–Kier alpha value is -2.71. The highest BCUT2D eigenvalue weighted by atomic mass is 35.5. The second-order valence-electron chi connectivity index (χ2n) is 5.84. The maximum Gasteiger partial charge on any atom is 0.249 e. The van der Waals surface area contributed by atoms with E-state index in [0.717, 1.165) is 22.6 Å². The Morgan fingerprint density at radius 1 is 1.12 bits per heavy atom. The van der Waals surface area contributed by atoms with Gasteiger partial charge in [0, 0.05) is 29.2 Å². The van der Waals surface area contributed by atoms with Crippen molar-refractivity contribution in [3.8, 4) is 11.4 Å². The number of nitrogens with zero attached hydrogens (tertiary/aromatic N) is 4. The van der Waals surface area contributed by atoms with Crippen LogP contribution in [-0.4, -0.2) is 48.8 Å². The van der Waals surface area contributed by atoms with Crippen LogP contribution in [0.3, 0.4) is 0 Å². The van der Waals surface area contributed by atoms with Gasteiger partial charge in [-0.25, -0.2) is 9.97 Å². The maximum absolute atomic E-state index is 9.64. The Bertz CT molecular complexity index is 863. The Kier molecular flexibility index (Phi) is 5.65. The monoisotopic (exact) mass is 373 g/mol. The summed E-state index contributed by atoms with van der Waals surface area (Å²) in [6, 6.07) is 9.51. The van der Waals surface area contributed by atoms with E-state index < -0.39 is 6.10 Å². The molecule has 1 unspecified atom stereocenters. The molecule has 8 nitrogen and oxygen atoms in total. The number of aromatic nitrogens is 5. The molecule has 0 bridgehead atoms. The van der Waals surface area contributed by atoms with E-state index in [2.05, 4.69) is 35.8 Å². The lowest BCUT2D eigenvalue weighted by molar-refractivity contribution is 0.211. The van der Waals surface area contributed by atoms with Gasteiger partial charge in [0.05, 0.1) is 12.0 Å². The first-order chi connectivity index (χ1) is 12.5. The predicted octanol–water partition coefficient (Wildman–Crippen LogP) is 2.63. The minimum Gasteiger partial charge on any atom is -0.390 e. The smallest absolute Gasteiger partial charge is 0.249 e. The van der Waals surface area contributed by atoms with E-state index in [4.69, 9.17) is 11.6 Å². The van der Waals surface area contributed by atoms with Crippen molar-refractivity contribution in [2.45, 2.75) is 20.0 Å². The van der Waals surface area contributed by atoms with Gasteiger partial charge >= 0.3 is 0 Å². The largest absolute Gasteiger partial charge is 0.390 e. The summed E-state index contributed by atoms with van der Waals surface area (Å²) < 4.78 is 0.